The number of carbonyl (C=O) groups excluding carboxylic acids is 1. The smallest absolute Gasteiger partial charge is 0.245 e. The Morgan fingerprint density at radius 2 is 2.12 bits per heavy atom. The fourth-order valence-electron chi connectivity index (χ4n) is 4.30. The van der Waals surface area contributed by atoms with Gasteiger partial charge in [-0.2, -0.15) is 0 Å². The number of ether oxygens (including phenoxy) is 1. The maximum absolute atomic E-state index is 12.9. The van der Waals surface area contributed by atoms with Gasteiger partial charge in [-0.15, -0.1) is 5.10 Å². The molecular weight excluding hydrogens is 428 g/mol. The second-order valence-electron chi connectivity index (χ2n) is 8.07. The van der Waals surface area contributed by atoms with Gasteiger partial charge < -0.3 is 14.6 Å². The molecule has 32 heavy (non-hydrogen) atoms. The number of rotatable bonds is 4. The SMILES string of the molecule is COc1cc(-c2cn(C3CCC4C=CC=C(Cl)C4NC3=O)nn2)ccc1-n1cnc(C)c1. The van der Waals surface area contributed by atoms with Gasteiger partial charge in [-0.3, -0.25) is 4.79 Å². The highest BCUT2D eigenvalue weighted by atomic mass is 35.5. The molecule has 0 bridgehead atoms. The number of halogens is 1. The first-order valence-electron chi connectivity index (χ1n) is 10.5. The zero-order valence-corrected chi connectivity index (χ0v) is 18.5. The minimum atomic E-state index is -0.435. The fraction of sp³-hybridized carbons (Fsp3) is 0.304. The summed E-state index contributed by atoms with van der Waals surface area (Å²) >= 11 is 6.34. The van der Waals surface area contributed by atoms with Crippen molar-refractivity contribution in [3.05, 3.63) is 65.9 Å². The van der Waals surface area contributed by atoms with E-state index < -0.39 is 6.04 Å². The number of aryl methyl sites for hydroxylation is 1. The first kappa shape index (κ1) is 20.5. The van der Waals surface area contributed by atoms with Crippen LogP contribution in [0.1, 0.15) is 24.6 Å². The van der Waals surface area contributed by atoms with Crippen LogP contribution in [0.4, 0.5) is 0 Å². The molecule has 3 aromatic rings. The van der Waals surface area contributed by atoms with Crippen molar-refractivity contribution >= 4 is 17.5 Å². The molecule has 1 aliphatic carbocycles. The number of amides is 1. The molecule has 0 saturated carbocycles. The fourth-order valence-corrected chi connectivity index (χ4v) is 4.59. The van der Waals surface area contributed by atoms with Gasteiger partial charge in [0.25, 0.3) is 0 Å². The standard InChI is InChI=1S/C23H23ClN6O2/c1-14-11-29(13-25-14)19-8-7-16(10-21(19)32-2)18-12-30(28-27-18)20-9-6-15-4-3-5-17(24)22(15)26-23(20)31/h3-5,7-8,10-13,15,20,22H,6,9H2,1-2H3,(H,26,31). The summed E-state index contributed by atoms with van der Waals surface area (Å²) in [4.78, 5) is 17.2. The summed E-state index contributed by atoms with van der Waals surface area (Å²) in [5.41, 5.74) is 3.33. The molecule has 9 heteroatoms. The summed E-state index contributed by atoms with van der Waals surface area (Å²) in [6.07, 6.45) is 12.9. The number of nitrogens with one attached hydrogen (secondary N) is 1. The highest BCUT2D eigenvalue weighted by molar-refractivity contribution is 6.30. The number of aromatic nitrogens is 5. The Morgan fingerprint density at radius 3 is 2.91 bits per heavy atom. The zero-order valence-electron chi connectivity index (χ0n) is 17.8. The van der Waals surface area contributed by atoms with Gasteiger partial charge in [0, 0.05) is 22.7 Å². The zero-order chi connectivity index (χ0) is 22.2. The number of nitrogens with zero attached hydrogens (tertiary/aromatic N) is 5. The van der Waals surface area contributed by atoms with Crippen molar-refractivity contribution in [3.63, 3.8) is 0 Å². The molecule has 1 amide bonds. The Balaban J connectivity index is 1.40. The second-order valence-corrected chi connectivity index (χ2v) is 8.51. The second kappa shape index (κ2) is 8.27. The molecule has 3 heterocycles. The summed E-state index contributed by atoms with van der Waals surface area (Å²) in [5, 5.41) is 12.3. The van der Waals surface area contributed by atoms with Crippen LogP contribution in [0.3, 0.4) is 0 Å². The first-order valence-corrected chi connectivity index (χ1v) is 10.9. The van der Waals surface area contributed by atoms with Gasteiger partial charge in [-0.05, 0) is 38.0 Å². The minimum absolute atomic E-state index is 0.0980. The van der Waals surface area contributed by atoms with Crippen molar-refractivity contribution in [1.82, 2.24) is 29.9 Å². The van der Waals surface area contributed by atoms with Crippen molar-refractivity contribution in [3.8, 4) is 22.7 Å². The lowest BCUT2D eigenvalue weighted by molar-refractivity contribution is -0.124. The van der Waals surface area contributed by atoms with E-state index in [1.807, 2.05) is 54.2 Å². The van der Waals surface area contributed by atoms with Crippen molar-refractivity contribution in [2.45, 2.75) is 31.8 Å². The van der Waals surface area contributed by atoms with Crippen molar-refractivity contribution < 1.29 is 9.53 Å². The van der Waals surface area contributed by atoms with Crippen LogP contribution in [0, 0.1) is 12.8 Å². The predicted molar refractivity (Wildman–Crippen MR) is 121 cm³/mol. The van der Waals surface area contributed by atoms with Crippen LogP contribution >= 0.6 is 11.6 Å². The molecule has 8 nitrogen and oxygen atoms in total. The highest BCUT2D eigenvalue weighted by Gasteiger charge is 2.34. The van der Waals surface area contributed by atoms with E-state index in [1.165, 1.54) is 0 Å². The molecule has 3 unspecified atom stereocenters. The van der Waals surface area contributed by atoms with Crippen LogP contribution in [-0.4, -0.2) is 43.6 Å². The van der Waals surface area contributed by atoms with Crippen LogP contribution in [-0.2, 0) is 4.79 Å². The largest absolute Gasteiger partial charge is 0.495 e. The Hall–Kier alpha value is -3.39. The summed E-state index contributed by atoms with van der Waals surface area (Å²) in [6, 6.07) is 5.22. The number of hydrogen-bond donors (Lipinski definition) is 1. The van der Waals surface area contributed by atoms with Gasteiger partial charge >= 0.3 is 0 Å². The van der Waals surface area contributed by atoms with Crippen molar-refractivity contribution in [2.24, 2.45) is 5.92 Å². The number of hydrogen-bond acceptors (Lipinski definition) is 5. The van der Waals surface area contributed by atoms with E-state index in [9.17, 15) is 4.79 Å². The van der Waals surface area contributed by atoms with Crippen LogP contribution in [0.25, 0.3) is 16.9 Å². The van der Waals surface area contributed by atoms with Crippen molar-refractivity contribution in [2.75, 3.05) is 7.11 Å². The molecular formula is C23H23ClN6O2. The first-order chi connectivity index (χ1) is 15.5. The van der Waals surface area contributed by atoms with E-state index >= 15 is 0 Å². The number of fused-ring (bicyclic) bond motifs is 1. The Bertz CT molecular complexity index is 1230. The third kappa shape index (κ3) is 3.71. The summed E-state index contributed by atoms with van der Waals surface area (Å²) in [7, 11) is 1.63. The van der Waals surface area contributed by atoms with E-state index in [0.29, 0.717) is 22.9 Å². The molecule has 1 N–H and O–H groups in total. The Labute approximate surface area is 190 Å². The molecule has 1 fully saturated rings. The topological polar surface area (TPSA) is 86.9 Å². The van der Waals surface area contributed by atoms with Gasteiger partial charge in [0.1, 0.15) is 17.5 Å². The molecule has 1 saturated heterocycles. The molecule has 0 spiro atoms. The maximum Gasteiger partial charge on any atom is 0.245 e. The lowest BCUT2D eigenvalue weighted by Crippen LogP contribution is -2.41. The van der Waals surface area contributed by atoms with Gasteiger partial charge in [-0.25, -0.2) is 9.67 Å². The molecule has 3 atom stereocenters. The minimum Gasteiger partial charge on any atom is -0.495 e. The third-order valence-corrected chi connectivity index (χ3v) is 6.37. The number of carbonyl (C=O) groups is 1. The van der Waals surface area contributed by atoms with Gasteiger partial charge in [0.2, 0.25) is 5.91 Å². The van der Waals surface area contributed by atoms with Crippen molar-refractivity contribution in [1.29, 1.82) is 0 Å². The van der Waals surface area contributed by atoms with E-state index in [2.05, 4.69) is 26.7 Å². The van der Waals surface area contributed by atoms with E-state index in [0.717, 1.165) is 23.4 Å². The highest BCUT2D eigenvalue weighted by Crippen LogP contribution is 2.33. The summed E-state index contributed by atoms with van der Waals surface area (Å²) < 4.78 is 9.16. The normalized spacial score (nSPS) is 22.7. The lowest BCUT2D eigenvalue weighted by atomic mass is 9.91. The number of allylic oxidation sites excluding steroid dienone is 2. The Morgan fingerprint density at radius 1 is 1.25 bits per heavy atom. The average Bonchev–Trinajstić information content (AvgIpc) is 3.41. The number of methoxy groups -OCH3 is 1. The summed E-state index contributed by atoms with van der Waals surface area (Å²) in [6.45, 7) is 1.94. The van der Waals surface area contributed by atoms with Crippen LogP contribution in [0.2, 0.25) is 0 Å². The van der Waals surface area contributed by atoms with Gasteiger partial charge in [0.15, 0.2) is 0 Å². The molecule has 1 aliphatic heterocycles. The third-order valence-electron chi connectivity index (χ3n) is 6.01. The summed E-state index contributed by atoms with van der Waals surface area (Å²) in [5.74, 6) is 0.784. The van der Waals surface area contributed by atoms with Crippen LogP contribution in [0.5, 0.6) is 5.75 Å². The lowest BCUT2D eigenvalue weighted by Gasteiger charge is -2.24. The molecule has 0 radical (unpaired) electrons. The average molecular weight is 451 g/mol. The van der Waals surface area contributed by atoms with E-state index in [1.54, 1.807) is 18.1 Å². The van der Waals surface area contributed by atoms with Crippen LogP contribution in [0.15, 0.2) is 60.2 Å². The van der Waals surface area contributed by atoms with Gasteiger partial charge in [-0.1, -0.05) is 35.0 Å². The molecule has 1 aromatic carbocycles. The predicted octanol–water partition coefficient (Wildman–Crippen LogP) is 3.58. The van der Waals surface area contributed by atoms with Gasteiger partial charge in [0.05, 0.1) is 37.1 Å². The molecule has 2 aliphatic rings. The quantitative estimate of drug-likeness (QED) is 0.656. The van der Waals surface area contributed by atoms with E-state index in [-0.39, 0.29) is 17.9 Å². The monoisotopic (exact) mass is 450 g/mol. The number of imidazole rings is 1. The Kier molecular flexibility index (Phi) is 5.30. The maximum atomic E-state index is 12.9. The molecule has 5 rings (SSSR count). The van der Waals surface area contributed by atoms with E-state index in [4.69, 9.17) is 16.3 Å². The number of benzene rings is 1. The molecule has 164 valence electrons. The van der Waals surface area contributed by atoms with Crippen LogP contribution < -0.4 is 10.1 Å². The molecule has 2 aromatic heterocycles.